The van der Waals surface area contributed by atoms with Gasteiger partial charge in [-0.1, -0.05) is 23.4 Å². The van der Waals surface area contributed by atoms with Crippen LogP contribution in [0.5, 0.6) is 5.75 Å². The van der Waals surface area contributed by atoms with Gasteiger partial charge in [-0.2, -0.15) is 4.98 Å². The van der Waals surface area contributed by atoms with Crippen molar-refractivity contribution in [1.82, 2.24) is 25.0 Å². The number of benzene rings is 1. The van der Waals surface area contributed by atoms with Crippen LogP contribution in [0.2, 0.25) is 0 Å². The number of aryl methyl sites for hydroxylation is 2. The van der Waals surface area contributed by atoms with Gasteiger partial charge in [0.15, 0.2) is 0 Å². The Balaban J connectivity index is 1.56. The summed E-state index contributed by atoms with van der Waals surface area (Å²) in [5.74, 6) is 2.59. The number of carbonyl (C=O) groups excluding carboxylic acids is 1. The molecule has 3 heterocycles. The molecule has 0 bridgehead atoms. The van der Waals surface area contributed by atoms with Crippen LogP contribution in [0.3, 0.4) is 0 Å². The Labute approximate surface area is 175 Å². The number of methoxy groups -OCH3 is 1. The molecule has 0 aliphatic carbocycles. The third-order valence-corrected chi connectivity index (χ3v) is 5.40. The number of rotatable bonds is 5. The summed E-state index contributed by atoms with van der Waals surface area (Å²) in [4.78, 5) is 28.3. The van der Waals surface area contributed by atoms with Crippen LogP contribution < -0.4 is 4.74 Å². The highest BCUT2D eigenvalue weighted by molar-refractivity contribution is 5.79. The lowest BCUT2D eigenvalue weighted by Gasteiger charge is -2.33. The lowest BCUT2D eigenvalue weighted by molar-refractivity contribution is -0.131. The van der Waals surface area contributed by atoms with Gasteiger partial charge in [0.1, 0.15) is 11.6 Å². The summed E-state index contributed by atoms with van der Waals surface area (Å²) in [5.41, 5.74) is 2.53. The molecule has 8 nitrogen and oxygen atoms in total. The number of nitrogens with zero attached hydrogens (tertiary/aromatic N) is 5. The molecule has 4 rings (SSSR count). The van der Waals surface area contributed by atoms with Gasteiger partial charge in [0.05, 0.1) is 24.8 Å². The van der Waals surface area contributed by atoms with Gasteiger partial charge in [0.25, 0.3) is 0 Å². The van der Waals surface area contributed by atoms with Crippen LogP contribution in [0.15, 0.2) is 35.0 Å². The normalized spacial score (nSPS) is 16.5. The molecule has 1 aliphatic rings. The van der Waals surface area contributed by atoms with E-state index >= 15 is 0 Å². The minimum absolute atomic E-state index is 0.0898. The molecule has 156 valence electrons. The smallest absolute Gasteiger partial charge is 0.227 e. The zero-order valence-electron chi connectivity index (χ0n) is 17.5. The fourth-order valence-electron chi connectivity index (χ4n) is 3.93. The second-order valence-corrected chi connectivity index (χ2v) is 7.52. The molecule has 0 unspecified atom stereocenters. The second kappa shape index (κ2) is 8.61. The Morgan fingerprint density at radius 3 is 2.87 bits per heavy atom. The molecule has 1 atom stereocenters. The van der Waals surface area contributed by atoms with Crippen LogP contribution in [-0.4, -0.2) is 51.1 Å². The van der Waals surface area contributed by atoms with E-state index in [4.69, 9.17) is 14.2 Å². The van der Waals surface area contributed by atoms with E-state index in [1.54, 1.807) is 20.2 Å². The first-order valence-electron chi connectivity index (χ1n) is 10.1. The SMILES string of the molecule is COc1ccccc1CC(=O)N1CCC[C@H](c2nc(C)ncc2-c2noc(C)n2)C1. The number of likely N-dealkylation sites (tertiary alicyclic amines) is 1. The third-order valence-electron chi connectivity index (χ3n) is 5.40. The van der Waals surface area contributed by atoms with Crippen LogP contribution in [0, 0.1) is 13.8 Å². The maximum atomic E-state index is 13.0. The van der Waals surface area contributed by atoms with E-state index in [9.17, 15) is 4.79 Å². The van der Waals surface area contributed by atoms with Crippen molar-refractivity contribution >= 4 is 5.91 Å². The molecule has 0 N–H and O–H groups in total. The van der Waals surface area contributed by atoms with Crippen LogP contribution in [0.25, 0.3) is 11.4 Å². The fourth-order valence-corrected chi connectivity index (χ4v) is 3.93. The Morgan fingerprint density at radius 2 is 2.10 bits per heavy atom. The molecule has 3 aromatic rings. The maximum Gasteiger partial charge on any atom is 0.227 e. The molecule has 1 aromatic carbocycles. The highest BCUT2D eigenvalue weighted by Crippen LogP contribution is 2.32. The molecule has 1 saturated heterocycles. The molecule has 1 amide bonds. The summed E-state index contributed by atoms with van der Waals surface area (Å²) in [6.07, 6.45) is 3.92. The Hall–Kier alpha value is -3.29. The van der Waals surface area contributed by atoms with Gasteiger partial charge in [-0.15, -0.1) is 0 Å². The maximum absolute atomic E-state index is 13.0. The van der Waals surface area contributed by atoms with E-state index in [0.717, 1.165) is 42.0 Å². The summed E-state index contributed by atoms with van der Waals surface area (Å²) in [6.45, 7) is 4.96. The van der Waals surface area contributed by atoms with Gasteiger partial charge in [0, 0.05) is 37.7 Å². The molecular weight excluding hydrogens is 382 g/mol. The predicted molar refractivity (Wildman–Crippen MR) is 110 cm³/mol. The van der Waals surface area contributed by atoms with E-state index < -0.39 is 0 Å². The zero-order valence-corrected chi connectivity index (χ0v) is 17.5. The van der Waals surface area contributed by atoms with Gasteiger partial charge in [-0.05, 0) is 25.8 Å². The minimum Gasteiger partial charge on any atom is -0.496 e. The molecule has 0 spiro atoms. The third kappa shape index (κ3) is 4.17. The number of hydrogen-bond acceptors (Lipinski definition) is 7. The number of amides is 1. The van der Waals surface area contributed by atoms with Crippen molar-refractivity contribution < 1.29 is 14.1 Å². The Bertz CT molecular complexity index is 1050. The molecule has 2 aromatic heterocycles. The Kier molecular flexibility index (Phi) is 5.74. The van der Waals surface area contributed by atoms with Crippen molar-refractivity contribution in [3.63, 3.8) is 0 Å². The number of ether oxygens (including phenoxy) is 1. The van der Waals surface area contributed by atoms with E-state index in [1.807, 2.05) is 36.1 Å². The first-order valence-corrected chi connectivity index (χ1v) is 10.1. The van der Waals surface area contributed by atoms with Crippen LogP contribution in [0.4, 0.5) is 0 Å². The Morgan fingerprint density at radius 1 is 1.27 bits per heavy atom. The molecular formula is C22H25N5O3. The predicted octanol–water partition coefficient (Wildman–Crippen LogP) is 3.10. The molecule has 8 heteroatoms. The van der Waals surface area contributed by atoms with Crippen molar-refractivity contribution in [1.29, 1.82) is 0 Å². The summed E-state index contributed by atoms with van der Waals surface area (Å²) in [5, 5.41) is 4.04. The fraction of sp³-hybridized carbons (Fsp3) is 0.409. The van der Waals surface area contributed by atoms with E-state index in [1.165, 1.54) is 0 Å². The highest BCUT2D eigenvalue weighted by atomic mass is 16.5. The number of hydrogen-bond donors (Lipinski definition) is 0. The largest absolute Gasteiger partial charge is 0.496 e. The van der Waals surface area contributed by atoms with Gasteiger partial charge < -0.3 is 14.2 Å². The van der Waals surface area contributed by atoms with Crippen molar-refractivity contribution in [3.8, 4) is 17.1 Å². The number of carbonyl (C=O) groups is 1. The summed E-state index contributed by atoms with van der Waals surface area (Å²) in [6, 6.07) is 7.64. The van der Waals surface area contributed by atoms with Gasteiger partial charge >= 0.3 is 0 Å². The van der Waals surface area contributed by atoms with Gasteiger partial charge in [-0.3, -0.25) is 4.79 Å². The number of piperidine rings is 1. The second-order valence-electron chi connectivity index (χ2n) is 7.52. The first-order chi connectivity index (χ1) is 14.5. The summed E-state index contributed by atoms with van der Waals surface area (Å²) < 4.78 is 10.5. The molecule has 30 heavy (non-hydrogen) atoms. The van der Waals surface area contributed by atoms with Gasteiger partial charge in [-0.25, -0.2) is 9.97 Å². The number of para-hydroxylation sites is 1. The molecule has 0 saturated carbocycles. The van der Waals surface area contributed by atoms with Gasteiger partial charge in [0.2, 0.25) is 17.6 Å². The zero-order chi connectivity index (χ0) is 21.1. The lowest BCUT2D eigenvalue weighted by atomic mass is 9.91. The van der Waals surface area contributed by atoms with E-state index in [2.05, 4.69) is 15.1 Å². The van der Waals surface area contributed by atoms with E-state index in [0.29, 0.717) is 30.5 Å². The molecule has 1 fully saturated rings. The summed E-state index contributed by atoms with van der Waals surface area (Å²) in [7, 11) is 1.62. The number of aromatic nitrogens is 4. The molecule has 0 radical (unpaired) electrons. The van der Waals surface area contributed by atoms with Crippen LogP contribution >= 0.6 is 0 Å². The van der Waals surface area contributed by atoms with Crippen molar-refractivity contribution in [2.75, 3.05) is 20.2 Å². The quantitative estimate of drug-likeness (QED) is 0.641. The summed E-state index contributed by atoms with van der Waals surface area (Å²) >= 11 is 0. The van der Waals surface area contributed by atoms with Crippen LogP contribution in [0.1, 0.15) is 41.7 Å². The highest BCUT2D eigenvalue weighted by Gasteiger charge is 2.29. The standard InChI is InChI=1S/C22H25N5O3/c1-14-23-12-18(22-25-15(2)30-26-22)21(24-14)17-8-6-10-27(13-17)20(28)11-16-7-4-5-9-19(16)29-3/h4-5,7,9,12,17H,6,8,10-11,13H2,1-3H3/t17-/m0/s1. The van der Waals surface area contributed by atoms with Crippen molar-refractivity contribution in [3.05, 3.63) is 53.4 Å². The average Bonchev–Trinajstić information content (AvgIpc) is 3.20. The van der Waals surface area contributed by atoms with Crippen molar-refractivity contribution in [2.45, 2.75) is 39.0 Å². The first kappa shape index (κ1) is 20.0. The average molecular weight is 407 g/mol. The minimum atomic E-state index is 0.0898. The van der Waals surface area contributed by atoms with Crippen LogP contribution in [-0.2, 0) is 11.2 Å². The lowest BCUT2D eigenvalue weighted by Crippen LogP contribution is -2.40. The molecule has 1 aliphatic heterocycles. The topological polar surface area (TPSA) is 94.2 Å². The van der Waals surface area contributed by atoms with Crippen molar-refractivity contribution in [2.24, 2.45) is 0 Å². The van der Waals surface area contributed by atoms with E-state index in [-0.39, 0.29) is 11.8 Å². The monoisotopic (exact) mass is 407 g/mol.